The number of carbonyl (C=O) groups is 1. The van der Waals surface area contributed by atoms with Crippen LogP contribution in [0.3, 0.4) is 0 Å². The van der Waals surface area contributed by atoms with Gasteiger partial charge in [0.05, 0.1) is 12.3 Å². The first kappa shape index (κ1) is 11.6. The van der Waals surface area contributed by atoms with Crippen LogP contribution in [0.5, 0.6) is 0 Å². The Morgan fingerprint density at radius 3 is 3.12 bits per heavy atom. The third kappa shape index (κ3) is 3.28. The van der Waals surface area contributed by atoms with E-state index in [9.17, 15) is 4.79 Å². The molecule has 1 N–H and O–H groups in total. The molecule has 2 rings (SSSR count). The van der Waals surface area contributed by atoms with Gasteiger partial charge in [-0.2, -0.15) is 0 Å². The lowest BCUT2D eigenvalue weighted by molar-refractivity contribution is -0.133. The summed E-state index contributed by atoms with van der Waals surface area (Å²) in [4.78, 5) is 14.5. The SMILES string of the molecule is O=C(O)CSc1nncn1Cc1cccnc1. The molecule has 0 radical (unpaired) electrons. The first-order valence-corrected chi connectivity index (χ1v) is 5.85. The van der Waals surface area contributed by atoms with E-state index in [1.54, 1.807) is 23.3 Å². The molecule has 0 aliphatic rings. The number of rotatable bonds is 5. The van der Waals surface area contributed by atoms with Crippen molar-refractivity contribution >= 4 is 17.7 Å². The molecule has 0 spiro atoms. The molecule has 0 atom stereocenters. The molecule has 2 aromatic rings. The largest absolute Gasteiger partial charge is 0.481 e. The van der Waals surface area contributed by atoms with Gasteiger partial charge in [0.2, 0.25) is 0 Å². The molecule has 0 saturated carbocycles. The molecular weight excluding hydrogens is 240 g/mol. The molecule has 88 valence electrons. The predicted molar refractivity (Wildman–Crippen MR) is 61.7 cm³/mol. The van der Waals surface area contributed by atoms with Crippen molar-refractivity contribution in [3.63, 3.8) is 0 Å². The van der Waals surface area contributed by atoms with Crippen LogP contribution >= 0.6 is 11.8 Å². The molecule has 0 fully saturated rings. The van der Waals surface area contributed by atoms with Gasteiger partial charge < -0.3 is 9.67 Å². The van der Waals surface area contributed by atoms with Crippen molar-refractivity contribution in [2.24, 2.45) is 0 Å². The molecule has 0 aliphatic carbocycles. The second-order valence-corrected chi connectivity index (χ2v) is 4.23. The number of hydrogen-bond donors (Lipinski definition) is 1. The van der Waals surface area contributed by atoms with Crippen molar-refractivity contribution in [2.75, 3.05) is 5.75 Å². The van der Waals surface area contributed by atoms with Crippen molar-refractivity contribution in [1.29, 1.82) is 0 Å². The van der Waals surface area contributed by atoms with E-state index in [-0.39, 0.29) is 5.75 Å². The summed E-state index contributed by atoms with van der Waals surface area (Å²) in [5.74, 6) is -0.892. The maximum atomic E-state index is 10.5. The Kier molecular flexibility index (Phi) is 3.71. The fourth-order valence-electron chi connectivity index (χ4n) is 1.28. The summed E-state index contributed by atoms with van der Waals surface area (Å²) in [5, 5.41) is 16.8. The number of thioether (sulfide) groups is 1. The highest BCUT2D eigenvalue weighted by atomic mass is 32.2. The van der Waals surface area contributed by atoms with Crippen LogP contribution < -0.4 is 0 Å². The smallest absolute Gasteiger partial charge is 0.313 e. The molecule has 2 aromatic heterocycles. The molecule has 0 amide bonds. The maximum absolute atomic E-state index is 10.5. The van der Waals surface area contributed by atoms with Gasteiger partial charge in [-0.1, -0.05) is 17.8 Å². The van der Waals surface area contributed by atoms with Crippen LogP contribution in [0.1, 0.15) is 5.56 Å². The molecule has 0 unspecified atom stereocenters. The molecular formula is C10H10N4O2S. The molecule has 0 aliphatic heterocycles. The lowest BCUT2D eigenvalue weighted by Gasteiger charge is -2.04. The van der Waals surface area contributed by atoms with Gasteiger partial charge in [-0.15, -0.1) is 10.2 Å². The van der Waals surface area contributed by atoms with Gasteiger partial charge >= 0.3 is 5.97 Å². The summed E-state index contributed by atoms with van der Waals surface area (Å²) in [5.41, 5.74) is 1.02. The van der Waals surface area contributed by atoms with Gasteiger partial charge in [0.15, 0.2) is 5.16 Å². The molecule has 6 nitrogen and oxygen atoms in total. The lowest BCUT2D eigenvalue weighted by Crippen LogP contribution is -2.03. The van der Waals surface area contributed by atoms with Crippen molar-refractivity contribution in [3.8, 4) is 0 Å². The van der Waals surface area contributed by atoms with E-state index in [1.165, 1.54) is 0 Å². The zero-order valence-corrected chi connectivity index (χ0v) is 9.67. The quantitative estimate of drug-likeness (QED) is 0.794. The van der Waals surface area contributed by atoms with Crippen molar-refractivity contribution in [1.82, 2.24) is 19.7 Å². The van der Waals surface area contributed by atoms with E-state index < -0.39 is 5.97 Å². The first-order valence-electron chi connectivity index (χ1n) is 4.87. The van der Waals surface area contributed by atoms with Crippen LogP contribution in [-0.4, -0.2) is 36.6 Å². The Labute approximate surface area is 102 Å². The third-order valence-electron chi connectivity index (χ3n) is 1.98. The second-order valence-electron chi connectivity index (χ2n) is 3.29. The van der Waals surface area contributed by atoms with Gasteiger partial charge in [-0.05, 0) is 11.6 Å². The average molecular weight is 250 g/mol. The Morgan fingerprint density at radius 1 is 1.53 bits per heavy atom. The van der Waals surface area contributed by atoms with Crippen LogP contribution in [0.4, 0.5) is 0 Å². The number of nitrogens with zero attached hydrogens (tertiary/aromatic N) is 4. The van der Waals surface area contributed by atoms with Crippen LogP contribution in [0.15, 0.2) is 36.0 Å². The van der Waals surface area contributed by atoms with Gasteiger partial charge in [-0.3, -0.25) is 9.78 Å². The van der Waals surface area contributed by atoms with E-state index in [1.807, 2.05) is 12.1 Å². The van der Waals surface area contributed by atoms with Crippen LogP contribution in [0, 0.1) is 0 Å². The standard InChI is InChI=1S/C10H10N4O2S/c15-9(16)6-17-10-13-12-7-14(10)5-8-2-1-3-11-4-8/h1-4,7H,5-6H2,(H,15,16). The summed E-state index contributed by atoms with van der Waals surface area (Å²) in [6.45, 7) is 0.586. The van der Waals surface area contributed by atoms with E-state index >= 15 is 0 Å². The van der Waals surface area contributed by atoms with E-state index in [2.05, 4.69) is 15.2 Å². The molecule has 0 saturated heterocycles. The molecule has 2 heterocycles. The summed E-state index contributed by atoms with van der Waals surface area (Å²) >= 11 is 1.15. The van der Waals surface area contributed by atoms with Gasteiger partial charge in [0.1, 0.15) is 6.33 Å². The Balaban J connectivity index is 2.06. The second kappa shape index (κ2) is 5.44. The third-order valence-corrected chi connectivity index (χ3v) is 2.95. The molecule has 7 heteroatoms. The van der Waals surface area contributed by atoms with Crippen molar-refractivity contribution < 1.29 is 9.90 Å². The molecule has 17 heavy (non-hydrogen) atoms. The fraction of sp³-hybridized carbons (Fsp3) is 0.200. The van der Waals surface area contributed by atoms with E-state index in [4.69, 9.17) is 5.11 Å². The first-order chi connectivity index (χ1) is 8.25. The maximum Gasteiger partial charge on any atom is 0.313 e. The monoisotopic (exact) mass is 250 g/mol. The predicted octanol–water partition coefficient (Wildman–Crippen LogP) is 0.898. The number of pyridine rings is 1. The summed E-state index contributed by atoms with van der Waals surface area (Å²) in [6.07, 6.45) is 5.04. The summed E-state index contributed by atoms with van der Waals surface area (Å²) in [7, 11) is 0. The lowest BCUT2D eigenvalue weighted by atomic mass is 10.3. The highest BCUT2D eigenvalue weighted by molar-refractivity contribution is 7.99. The zero-order chi connectivity index (χ0) is 12.1. The number of hydrogen-bond acceptors (Lipinski definition) is 5. The number of carboxylic acid groups (broad SMARTS) is 1. The van der Waals surface area contributed by atoms with Gasteiger partial charge in [0, 0.05) is 12.4 Å². The Bertz CT molecular complexity index is 500. The Hall–Kier alpha value is -1.89. The minimum Gasteiger partial charge on any atom is -0.481 e. The van der Waals surface area contributed by atoms with E-state index in [0.717, 1.165) is 17.3 Å². The van der Waals surface area contributed by atoms with Crippen molar-refractivity contribution in [3.05, 3.63) is 36.4 Å². The Morgan fingerprint density at radius 2 is 2.41 bits per heavy atom. The average Bonchev–Trinajstić information content (AvgIpc) is 2.75. The molecule has 0 bridgehead atoms. The van der Waals surface area contributed by atoms with Gasteiger partial charge in [0.25, 0.3) is 0 Å². The minimum absolute atomic E-state index is 0.0221. The normalized spacial score (nSPS) is 10.4. The van der Waals surface area contributed by atoms with Crippen LogP contribution in [0.25, 0.3) is 0 Å². The van der Waals surface area contributed by atoms with Crippen LogP contribution in [0.2, 0.25) is 0 Å². The molecule has 0 aromatic carbocycles. The minimum atomic E-state index is -0.870. The number of aliphatic carboxylic acids is 1. The van der Waals surface area contributed by atoms with Crippen LogP contribution in [-0.2, 0) is 11.3 Å². The summed E-state index contributed by atoms with van der Waals surface area (Å²) in [6, 6.07) is 3.79. The van der Waals surface area contributed by atoms with Gasteiger partial charge in [-0.25, -0.2) is 0 Å². The number of carboxylic acids is 1. The number of aromatic nitrogens is 4. The highest BCUT2D eigenvalue weighted by Gasteiger charge is 2.07. The fourth-order valence-corrected chi connectivity index (χ4v) is 1.91. The summed E-state index contributed by atoms with van der Waals surface area (Å²) < 4.78 is 1.80. The topological polar surface area (TPSA) is 80.9 Å². The van der Waals surface area contributed by atoms with Crippen molar-refractivity contribution in [2.45, 2.75) is 11.7 Å². The van der Waals surface area contributed by atoms with E-state index in [0.29, 0.717) is 11.7 Å². The highest BCUT2D eigenvalue weighted by Crippen LogP contribution is 2.15. The zero-order valence-electron chi connectivity index (χ0n) is 8.85.